The number of rotatable bonds is 5. The van der Waals surface area contributed by atoms with Crippen molar-refractivity contribution in [3.05, 3.63) is 74.6 Å². The van der Waals surface area contributed by atoms with Gasteiger partial charge in [-0.2, -0.15) is 10.3 Å². The van der Waals surface area contributed by atoms with Crippen molar-refractivity contribution >= 4 is 40.7 Å². The summed E-state index contributed by atoms with van der Waals surface area (Å²) < 4.78 is 1.63. The summed E-state index contributed by atoms with van der Waals surface area (Å²) in [6.45, 7) is 1.93. The number of nitrogens with one attached hydrogen (secondary N) is 2. The van der Waals surface area contributed by atoms with Crippen molar-refractivity contribution in [3.8, 4) is 16.9 Å². The summed E-state index contributed by atoms with van der Waals surface area (Å²) >= 11 is 18.5. The van der Waals surface area contributed by atoms with Gasteiger partial charge >= 0.3 is 0 Å². The largest absolute Gasteiger partial charge is 0.343 e. The lowest BCUT2D eigenvalue weighted by Gasteiger charge is -2.11. The average Bonchev–Trinajstić information content (AvgIpc) is 3.35. The molecule has 11 heteroatoms. The maximum absolute atomic E-state index is 12.8. The van der Waals surface area contributed by atoms with Gasteiger partial charge in [-0.3, -0.25) is 4.79 Å². The number of hydrogen-bond donors (Lipinski definition) is 2. The standard InChI is InChI=1S/C19H14Cl3N7O/c1-10-17(19(30)23-9-16-24-27-28-25-16)26-29(15-7-6-13(21)8-14(15)22)18(10)11-2-4-12(20)5-3-11/h2-8H,9H2,1H3,(H,23,30)(H,24,25,27,28). The number of benzene rings is 2. The van der Waals surface area contributed by atoms with Crippen molar-refractivity contribution in [2.75, 3.05) is 0 Å². The Morgan fingerprint density at radius 2 is 1.83 bits per heavy atom. The second-order valence-corrected chi connectivity index (χ2v) is 7.63. The number of carbonyl (C=O) groups excluding carboxylic acids is 1. The minimum atomic E-state index is -0.378. The van der Waals surface area contributed by atoms with Crippen molar-refractivity contribution in [1.82, 2.24) is 35.7 Å². The molecule has 30 heavy (non-hydrogen) atoms. The third-order valence-electron chi connectivity index (χ3n) is 4.39. The lowest BCUT2D eigenvalue weighted by molar-refractivity contribution is 0.0944. The van der Waals surface area contributed by atoms with Crippen LogP contribution in [0.4, 0.5) is 0 Å². The monoisotopic (exact) mass is 461 g/mol. The minimum absolute atomic E-state index is 0.111. The van der Waals surface area contributed by atoms with Crippen LogP contribution < -0.4 is 5.32 Å². The fraction of sp³-hybridized carbons (Fsp3) is 0.105. The number of nitrogens with zero attached hydrogens (tertiary/aromatic N) is 5. The molecule has 2 aromatic carbocycles. The molecule has 0 aliphatic carbocycles. The topological polar surface area (TPSA) is 101 Å². The third-order valence-corrected chi connectivity index (χ3v) is 5.18. The fourth-order valence-corrected chi connectivity index (χ4v) is 3.60. The molecular formula is C19H14Cl3N7O. The summed E-state index contributed by atoms with van der Waals surface area (Å²) in [4.78, 5) is 12.8. The van der Waals surface area contributed by atoms with Crippen LogP contribution in [0.3, 0.4) is 0 Å². The van der Waals surface area contributed by atoms with E-state index in [1.165, 1.54) is 0 Å². The normalized spacial score (nSPS) is 10.9. The molecule has 0 unspecified atom stereocenters. The van der Waals surface area contributed by atoms with Crippen LogP contribution in [0.15, 0.2) is 42.5 Å². The molecule has 0 saturated carbocycles. The van der Waals surface area contributed by atoms with Gasteiger partial charge in [-0.05, 0) is 37.3 Å². The van der Waals surface area contributed by atoms with Gasteiger partial charge < -0.3 is 5.32 Å². The minimum Gasteiger partial charge on any atom is -0.343 e. The summed E-state index contributed by atoms with van der Waals surface area (Å²) in [6.07, 6.45) is 0. The number of tetrazole rings is 1. The van der Waals surface area contributed by atoms with Crippen LogP contribution in [0.2, 0.25) is 15.1 Å². The van der Waals surface area contributed by atoms with Crippen LogP contribution in [-0.4, -0.2) is 36.3 Å². The molecule has 0 aliphatic heterocycles. The molecule has 152 valence electrons. The van der Waals surface area contributed by atoms with Crippen LogP contribution in [0.25, 0.3) is 16.9 Å². The Bertz CT molecular complexity index is 1200. The lowest BCUT2D eigenvalue weighted by atomic mass is 10.1. The van der Waals surface area contributed by atoms with Crippen molar-refractivity contribution in [2.24, 2.45) is 0 Å². The molecule has 4 aromatic rings. The summed E-state index contributed by atoms with van der Waals surface area (Å²) in [6, 6.07) is 12.3. The van der Waals surface area contributed by atoms with E-state index in [0.29, 0.717) is 37.8 Å². The zero-order chi connectivity index (χ0) is 21.3. The SMILES string of the molecule is Cc1c(C(=O)NCc2nn[nH]n2)nn(-c2ccc(Cl)cc2Cl)c1-c1ccc(Cl)cc1. The van der Waals surface area contributed by atoms with Gasteiger partial charge in [-0.15, -0.1) is 10.2 Å². The van der Waals surface area contributed by atoms with E-state index in [4.69, 9.17) is 34.8 Å². The first-order valence-corrected chi connectivity index (χ1v) is 9.89. The maximum Gasteiger partial charge on any atom is 0.272 e. The zero-order valence-corrected chi connectivity index (χ0v) is 17.8. The molecule has 2 heterocycles. The van der Waals surface area contributed by atoms with Crippen molar-refractivity contribution in [2.45, 2.75) is 13.5 Å². The number of amides is 1. The van der Waals surface area contributed by atoms with Gasteiger partial charge in [0.15, 0.2) is 11.5 Å². The fourth-order valence-electron chi connectivity index (χ4n) is 2.99. The Morgan fingerprint density at radius 1 is 1.10 bits per heavy atom. The van der Waals surface area contributed by atoms with E-state index < -0.39 is 0 Å². The van der Waals surface area contributed by atoms with E-state index >= 15 is 0 Å². The van der Waals surface area contributed by atoms with Gasteiger partial charge in [0.05, 0.1) is 22.9 Å². The predicted octanol–water partition coefficient (Wildman–Crippen LogP) is 4.25. The second kappa shape index (κ2) is 8.43. The van der Waals surface area contributed by atoms with Gasteiger partial charge in [-0.25, -0.2) is 4.68 Å². The number of aromatic nitrogens is 6. The highest BCUT2D eigenvalue weighted by Gasteiger charge is 2.23. The Hall–Kier alpha value is -2.94. The van der Waals surface area contributed by atoms with Crippen molar-refractivity contribution < 1.29 is 4.79 Å². The molecule has 4 rings (SSSR count). The first-order chi connectivity index (χ1) is 14.4. The zero-order valence-electron chi connectivity index (χ0n) is 15.5. The predicted molar refractivity (Wildman–Crippen MR) is 114 cm³/mol. The molecular weight excluding hydrogens is 449 g/mol. The Kier molecular flexibility index (Phi) is 5.72. The number of hydrogen-bond acceptors (Lipinski definition) is 5. The van der Waals surface area contributed by atoms with Crippen LogP contribution in [0.5, 0.6) is 0 Å². The number of carbonyl (C=O) groups is 1. The molecule has 0 spiro atoms. The van der Waals surface area contributed by atoms with Crippen LogP contribution >= 0.6 is 34.8 Å². The van der Waals surface area contributed by atoms with Gasteiger partial charge in [0.25, 0.3) is 5.91 Å². The second-order valence-electron chi connectivity index (χ2n) is 6.35. The van der Waals surface area contributed by atoms with Crippen LogP contribution in [0, 0.1) is 6.92 Å². The van der Waals surface area contributed by atoms with Crippen molar-refractivity contribution in [3.63, 3.8) is 0 Å². The van der Waals surface area contributed by atoms with E-state index in [1.54, 1.807) is 35.0 Å². The van der Waals surface area contributed by atoms with E-state index in [1.807, 2.05) is 19.1 Å². The highest BCUT2D eigenvalue weighted by atomic mass is 35.5. The highest BCUT2D eigenvalue weighted by molar-refractivity contribution is 6.35. The summed E-state index contributed by atoms with van der Waals surface area (Å²) in [5, 5.41) is 22.2. The smallest absolute Gasteiger partial charge is 0.272 e. The Balaban J connectivity index is 1.80. The molecule has 2 N–H and O–H groups in total. The highest BCUT2D eigenvalue weighted by Crippen LogP contribution is 2.33. The lowest BCUT2D eigenvalue weighted by Crippen LogP contribution is -2.24. The molecule has 0 aliphatic rings. The molecule has 0 saturated heterocycles. The summed E-state index contributed by atoms with van der Waals surface area (Å²) in [7, 11) is 0. The molecule has 2 aromatic heterocycles. The third kappa shape index (κ3) is 4.02. The van der Waals surface area contributed by atoms with Gasteiger partial charge in [0, 0.05) is 21.2 Å². The Morgan fingerprint density at radius 3 is 2.50 bits per heavy atom. The Labute approximate surface area is 186 Å². The average molecular weight is 463 g/mol. The quantitative estimate of drug-likeness (QED) is 0.462. The first kappa shape index (κ1) is 20.3. The van der Waals surface area contributed by atoms with Gasteiger partial charge in [0.1, 0.15) is 0 Å². The van der Waals surface area contributed by atoms with E-state index in [2.05, 4.69) is 31.0 Å². The van der Waals surface area contributed by atoms with Crippen LogP contribution in [-0.2, 0) is 6.54 Å². The molecule has 0 radical (unpaired) electrons. The molecule has 0 bridgehead atoms. The van der Waals surface area contributed by atoms with Crippen molar-refractivity contribution in [1.29, 1.82) is 0 Å². The number of H-pyrrole nitrogens is 1. The number of halogens is 3. The van der Waals surface area contributed by atoms with E-state index in [9.17, 15) is 4.79 Å². The molecule has 8 nitrogen and oxygen atoms in total. The first-order valence-electron chi connectivity index (χ1n) is 8.75. The molecule has 1 amide bonds. The maximum atomic E-state index is 12.8. The molecule has 0 atom stereocenters. The summed E-state index contributed by atoms with van der Waals surface area (Å²) in [5.41, 5.74) is 3.04. The van der Waals surface area contributed by atoms with Gasteiger partial charge in [-0.1, -0.05) is 52.1 Å². The summed E-state index contributed by atoms with van der Waals surface area (Å²) in [5.74, 6) is -0.0181. The number of aromatic amines is 1. The molecule has 0 fully saturated rings. The van der Waals surface area contributed by atoms with Crippen LogP contribution in [0.1, 0.15) is 21.9 Å². The van der Waals surface area contributed by atoms with E-state index in [-0.39, 0.29) is 18.1 Å². The van der Waals surface area contributed by atoms with Gasteiger partial charge in [0.2, 0.25) is 0 Å². The van der Waals surface area contributed by atoms with E-state index in [0.717, 1.165) is 5.56 Å².